The van der Waals surface area contributed by atoms with Crippen LogP contribution in [0.15, 0.2) is 6.07 Å². The number of aromatic nitrogens is 2. The molecule has 208 valence electrons. The molecule has 3 atom stereocenters. The second-order valence-electron chi connectivity index (χ2n) is 10.5. The summed E-state index contributed by atoms with van der Waals surface area (Å²) in [6.45, 7) is 6.91. The van der Waals surface area contributed by atoms with Crippen molar-refractivity contribution in [2.24, 2.45) is 0 Å². The quantitative estimate of drug-likeness (QED) is 0.441. The summed E-state index contributed by atoms with van der Waals surface area (Å²) < 4.78 is 69.3. The fourth-order valence-electron chi connectivity index (χ4n) is 5.76. The van der Waals surface area contributed by atoms with Gasteiger partial charge in [-0.1, -0.05) is 0 Å². The van der Waals surface area contributed by atoms with Gasteiger partial charge in [0.15, 0.2) is 5.82 Å². The average Bonchev–Trinajstić information content (AvgIpc) is 3.28. The molecule has 0 radical (unpaired) electrons. The average molecular weight is 539 g/mol. The highest BCUT2D eigenvalue weighted by Gasteiger charge is 2.41. The molecule has 3 aliphatic heterocycles. The van der Waals surface area contributed by atoms with Gasteiger partial charge in [-0.25, -0.2) is 4.39 Å². The SMILES string of the molecule is Cc1cc(N)c(F)c(C2Cc3nc(OC[C@@H]4CCCN4C)nc(N4CCNC[C@@H]4C)c3CO2)c1C(F)(F)F. The van der Waals surface area contributed by atoms with E-state index >= 15 is 4.39 Å². The number of hydrogen-bond acceptors (Lipinski definition) is 8. The number of hydrogen-bond donors (Lipinski definition) is 2. The summed E-state index contributed by atoms with van der Waals surface area (Å²) in [5, 5.41) is 3.35. The van der Waals surface area contributed by atoms with Crippen molar-refractivity contribution in [2.75, 3.05) is 50.5 Å². The Labute approximate surface area is 219 Å². The number of nitrogens with one attached hydrogen (secondary N) is 1. The number of alkyl halides is 3. The van der Waals surface area contributed by atoms with Crippen molar-refractivity contribution in [3.8, 4) is 6.01 Å². The van der Waals surface area contributed by atoms with Crippen molar-refractivity contribution < 1.29 is 27.0 Å². The number of likely N-dealkylation sites (tertiary alicyclic amines) is 1. The zero-order chi connectivity index (χ0) is 27.2. The van der Waals surface area contributed by atoms with Crippen molar-refractivity contribution in [3.05, 3.63) is 39.8 Å². The van der Waals surface area contributed by atoms with Crippen molar-refractivity contribution >= 4 is 11.5 Å². The molecular formula is C26H34F4N6O2. The van der Waals surface area contributed by atoms with Crippen LogP contribution in [0.3, 0.4) is 0 Å². The molecule has 8 nitrogen and oxygen atoms in total. The van der Waals surface area contributed by atoms with Crippen LogP contribution in [-0.4, -0.2) is 66.8 Å². The zero-order valence-corrected chi connectivity index (χ0v) is 21.9. The van der Waals surface area contributed by atoms with Gasteiger partial charge in [-0.3, -0.25) is 0 Å². The van der Waals surface area contributed by atoms with Gasteiger partial charge in [-0.05, 0) is 51.9 Å². The van der Waals surface area contributed by atoms with Crippen LogP contribution in [0, 0.1) is 12.7 Å². The molecule has 3 aliphatic rings. The number of nitrogens with two attached hydrogens (primary N) is 1. The summed E-state index contributed by atoms with van der Waals surface area (Å²) in [6, 6.07) is 1.55. The molecule has 1 aromatic heterocycles. The summed E-state index contributed by atoms with van der Waals surface area (Å²) in [6.07, 6.45) is -3.95. The van der Waals surface area contributed by atoms with Crippen molar-refractivity contribution in [3.63, 3.8) is 0 Å². The molecule has 2 saturated heterocycles. The molecule has 1 aromatic carbocycles. The molecule has 0 spiro atoms. The first-order valence-electron chi connectivity index (χ1n) is 13.0. The van der Waals surface area contributed by atoms with Gasteiger partial charge in [0.2, 0.25) is 0 Å². The highest BCUT2D eigenvalue weighted by atomic mass is 19.4. The van der Waals surface area contributed by atoms with Gasteiger partial charge in [0.1, 0.15) is 12.4 Å². The van der Waals surface area contributed by atoms with Crippen LogP contribution in [0.5, 0.6) is 6.01 Å². The van der Waals surface area contributed by atoms with Crippen molar-refractivity contribution in [1.29, 1.82) is 0 Å². The predicted octanol–water partition coefficient (Wildman–Crippen LogP) is 3.61. The minimum absolute atomic E-state index is 0.0534. The molecule has 0 bridgehead atoms. The Hall–Kier alpha value is -2.70. The van der Waals surface area contributed by atoms with E-state index in [4.69, 9.17) is 20.2 Å². The first kappa shape index (κ1) is 26.9. The van der Waals surface area contributed by atoms with Gasteiger partial charge in [-0.2, -0.15) is 23.1 Å². The van der Waals surface area contributed by atoms with Gasteiger partial charge in [0.05, 0.1) is 29.7 Å². The number of halogens is 4. The van der Waals surface area contributed by atoms with Crippen LogP contribution in [0.4, 0.5) is 29.1 Å². The van der Waals surface area contributed by atoms with Gasteiger partial charge in [0.25, 0.3) is 0 Å². The first-order valence-corrected chi connectivity index (χ1v) is 13.0. The van der Waals surface area contributed by atoms with Crippen LogP contribution in [0.25, 0.3) is 0 Å². The largest absolute Gasteiger partial charge is 0.462 e. The summed E-state index contributed by atoms with van der Waals surface area (Å²) >= 11 is 0. The minimum atomic E-state index is -4.77. The van der Waals surface area contributed by atoms with Gasteiger partial charge >= 0.3 is 12.2 Å². The molecule has 2 fully saturated rings. The molecule has 38 heavy (non-hydrogen) atoms. The van der Waals surface area contributed by atoms with Crippen molar-refractivity contribution in [2.45, 2.75) is 64.1 Å². The molecule has 5 rings (SSSR count). The first-order chi connectivity index (χ1) is 18.0. The Balaban J connectivity index is 1.53. The Morgan fingerprint density at radius 1 is 1.26 bits per heavy atom. The lowest BCUT2D eigenvalue weighted by molar-refractivity contribution is -0.140. The molecule has 0 saturated carbocycles. The molecule has 12 heteroatoms. The summed E-state index contributed by atoms with van der Waals surface area (Å²) in [5.74, 6) is -0.459. The molecule has 3 N–H and O–H groups in total. The number of likely N-dealkylation sites (N-methyl/N-ethyl adjacent to an activating group) is 1. The van der Waals surface area contributed by atoms with E-state index in [2.05, 4.69) is 27.0 Å². The van der Waals surface area contributed by atoms with E-state index < -0.39 is 29.2 Å². The zero-order valence-electron chi connectivity index (χ0n) is 21.9. The number of nitrogen functional groups attached to an aromatic ring is 1. The molecule has 0 aliphatic carbocycles. The van der Waals surface area contributed by atoms with Crippen LogP contribution >= 0.6 is 0 Å². The normalized spacial score (nSPS) is 24.5. The standard InChI is InChI=1S/C26H34F4N6O2/c1-14-9-18(31)23(27)21(22(14)26(28,29)30)20-10-19-17(13-37-20)24(36-8-6-32-11-15(36)2)34-25(33-19)38-12-16-5-4-7-35(16)3/h9,15-16,20,32H,4-8,10-13,31H2,1-3H3/t15-,16-,20?/m0/s1. The fourth-order valence-corrected chi connectivity index (χ4v) is 5.76. The van der Waals surface area contributed by atoms with Crippen LogP contribution < -0.4 is 20.7 Å². The lowest BCUT2D eigenvalue weighted by atomic mass is 9.91. The number of rotatable bonds is 5. The molecule has 4 heterocycles. The third-order valence-corrected chi connectivity index (χ3v) is 7.84. The van der Waals surface area contributed by atoms with E-state index in [1.165, 1.54) is 6.92 Å². The third kappa shape index (κ3) is 5.13. The number of fused-ring (bicyclic) bond motifs is 1. The molecule has 0 amide bonds. The minimum Gasteiger partial charge on any atom is -0.462 e. The Kier molecular flexibility index (Phi) is 7.40. The lowest BCUT2D eigenvalue weighted by Gasteiger charge is -2.38. The number of aryl methyl sites for hydroxylation is 1. The Morgan fingerprint density at radius 3 is 2.74 bits per heavy atom. The molecule has 2 aromatic rings. The van der Waals surface area contributed by atoms with Gasteiger partial charge < -0.3 is 30.3 Å². The maximum Gasteiger partial charge on any atom is 0.417 e. The van der Waals surface area contributed by atoms with Crippen LogP contribution in [0.1, 0.15) is 53.8 Å². The maximum absolute atomic E-state index is 15.2. The van der Waals surface area contributed by atoms with E-state index in [-0.39, 0.29) is 42.4 Å². The number of piperazine rings is 1. The van der Waals surface area contributed by atoms with Crippen LogP contribution in [0.2, 0.25) is 0 Å². The monoisotopic (exact) mass is 538 g/mol. The lowest BCUT2D eigenvalue weighted by Crippen LogP contribution is -2.50. The Bertz CT molecular complexity index is 1190. The second-order valence-corrected chi connectivity index (χ2v) is 10.5. The van der Waals surface area contributed by atoms with E-state index in [9.17, 15) is 13.2 Å². The fraction of sp³-hybridized carbons (Fsp3) is 0.615. The highest BCUT2D eigenvalue weighted by Crippen LogP contribution is 2.44. The number of ether oxygens (including phenoxy) is 2. The summed E-state index contributed by atoms with van der Waals surface area (Å²) in [5.41, 5.74) is 4.81. The van der Waals surface area contributed by atoms with E-state index in [0.717, 1.165) is 38.5 Å². The smallest absolute Gasteiger partial charge is 0.417 e. The second kappa shape index (κ2) is 10.5. The van der Waals surface area contributed by atoms with E-state index in [1.807, 2.05) is 7.05 Å². The Morgan fingerprint density at radius 2 is 2.05 bits per heavy atom. The number of benzene rings is 1. The molecule has 1 unspecified atom stereocenters. The van der Waals surface area contributed by atoms with Gasteiger partial charge in [0, 0.05) is 49.3 Å². The third-order valence-electron chi connectivity index (χ3n) is 7.84. The summed E-state index contributed by atoms with van der Waals surface area (Å²) in [7, 11) is 2.05. The number of nitrogens with zero attached hydrogens (tertiary/aromatic N) is 4. The van der Waals surface area contributed by atoms with E-state index in [1.54, 1.807) is 0 Å². The van der Waals surface area contributed by atoms with Crippen molar-refractivity contribution in [1.82, 2.24) is 20.2 Å². The highest BCUT2D eigenvalue weighted by molar-refractivity contribution is 5.55. The molecular weight excluding hydrogens is 504 g/mol. The predicted molar refractivity (Wildman–Crippen MR) is 135 cm³/mol. The number of anilines is 2. The van der Waals surface area contributed by atoms with E-state index in [0.29, 0.717) is 30.2 Å². The van der Waals surface area contributed by atoms with Gasteiger partial charge in [-0.15, -0.1) is 0 Å². The maximum atomic E-state index is 15.2. The van der Waals surface area contributed by atoms with Crippen LogP contribution in [-0.2, 0) is 23.9 Å². The summed E-state index contributed by atoms with van der Waals surface area (Å²) in [4.78, 5) is 13.7. The topological polar surface area (TPSA) is 88.8 Å².